The van der Waals surface area contributed by atoms with Crippen molar-refractivity contribution in [3.8, 4) is 0 Å². The summed E-state index contributed by atoms with van der Waals surface area (Å²) in [6.45, 7) is 0. The molecule has 0 atom stereocenters. The Morgan fingerprint density at radius 3 is 1.10 bits per heavy atom. The number of Topliss-reactive ketones (excluding diaryl/α,β-unsaturated/α-hetero) is 1. The van der Waals surface area contributed by atoms with Crippen molar-refractivity contribution in [2.24, 2.45) is 0 Å². The molecule has 0 N–H and O–H groups in total. The first-order valence-electron chi connectivity index (χ1n) is 3.72. The molecule has 0 saturated carbocycles. The Balaban J connectivity index is 0. The molecular formula is C6HF12NaO. The first kappa shape index (κ1) is 22.1. The maximum absolute atomic E-state index is 12.3. The van der Waals surface area contributed by atoms with Gasteiger partial charge in [-0.05, 0) is 0 Å². The third-order valence-electron chi connectivity index (χ3n) is 1.69. The van der Waals surface area contributed by atoms with E-state index in [2.05, 4.69) is 0 Å². The van der Waals surface area contributed by atoms with Crippen molar-refractivity contribution in [1.82, 2.24) is 0 Å². The third-order valence-corrected chi connectivity index (χ3v) is 1.69. The van der Waals surface area contributed by atoms with Gasteiger partial charge in [-0.25, -0.2) is 0 Å². The first-order chi connectivity index (χ1) is 7.90. The van der Waals surface area contributed by atoms with Gasteiger partial charge in [-0.3, -0.25) is 4.79 Å². The van der Waals surface area contributed by atoms with E-state index in [9.17, 15) is 57.5 Å². The van der Waals surface area contributed by atoms with Gasteiger partial charge in [0.05, 0.1) is 0 Å². The Bertz CT molecular complexity index is 365. The average molecular weight is 340 g/mol. The molecule has 0 bridgehead atoms. The molecule has 0 aliphatic rings. The monoisotopic (exact) mass is 340 g/mol. The van der Waals surface area contributed by atoms with Crippen molar-refractivity contribution in [1.29, 1.82) is 0 Å². The molecule has 0 aliphatic carbocycles. The minimum absolute atomic E-state index is 0. The van der Waals surface area contributed by atoms with Crippen LogP contribution in [-0.2, 0) is 4.79 Å². The number of hydrogen-bond acceptors (Lipinski definition) is 1. The zero-order valence-corrected chi connectivity index (χ0v) is 7.94. The summed E-state index contributed by atoms with van der Waals surface area (Å²) in [5.41, 5.74) is 0. The SMILES string of the molecule is O=C(C(F)(F)F)C(F)(F)C(F)(F)C(F)(F)C(F)(F)F.[NaH]. The van der Waals surface area contributed by atoms with Crippen molar-refractivity contribution in [3.05, 3.63) is 0 Å². The van der Waals surface area contributed by atoms with Crippen LogP contribution in [0.5, 0.6) is 0 Å². The Kier molecular flexibility index (Phi) is 6.14. The zero-order valence-electron chi connectivity index (χ0n) is 7.94. The van der Waals surface area contributed by atoms with E-state index in [1.165, 1.54) is 0 Å². The molecule has 0 aliphatic heterocycles. The van der Waals surface area contributed by atoms with Gasteiger partial charge in [-0.15, -0.1) is 0 Å². The fourth-order valence-electron chi connectivity index (χ4n) is 0.696. The molecule has 0 aromatic heterocycles. The number of ketones is 1. The molecule has 116 valence electrons. The molecule has 0 radical (unpaired) electrons. The zero-order chi connectivity index (χ0) is 16.1. The molecule has 0 aromatic carbocycles. The van der Waals surface area contributed by atoms with E-state index in [0.717, 1.165) is 0 Å². The van der Waals surface area contributed by atoms with Gasteiger partial charge in [0.25, 0.3) is 0 Å². The summed E-state index contributed by atoms with van der Waals surface area (Å²) in [5, 5.41) is 0. The van der Waals surface area contributed by atoms with Crippen LogP contribution >= 0.6 is 0 Å². The molecular weight excluding hydrogens is 339 g/mol. The molecule has 0 unspecified atom stereocenters. The second kappa shape index (κ2) is 5.55. The van der Waals surface area contributed by atoms with Gasteiger partial charge in [-0.2, -0.15) is 52.7 Å². The first-order valence-corrected chi connectivity index (χ1v) is 3.72. The quantitative estimate of drug-likeness (QED) is 0.570. The molecule has 14 heteroatoms. The van der Waals surface area contributed by atoms with Crippen molar-refractivity contribution in [2.75, 3.05) is 0 Å². The summed E-state index contributed by atoms with van der Waals surface area (Å²) in [7, 11) is 0. The molecule has 0 heterocycles. The maximum atomic E-state index is 12.3. The molecule has 0 aromatic rings. The second-order valence-electron chi connectivity index (χ2n) is 3.05. The van der Waals surface area contributed by atoms with Gasteiger partial charge >= 0.3 is 65.5 Å². The van der Waals surface area contributed by atoms with Crippen molar-refractivity contribution in [3.63, 3.8) is 0 Å². The normalized spacial score (nSPS) is 14.8. The molecule has 0 fully saturated rings. The van der Waals surface area contributed by atoms with Gasteiger partial charge in [0.2, 0.25) is 0 Å². The van der Waals surface area contributed by atoms with E-state index in [4.69, 9.17) is 0 Å². The Morgan fingerprint density at radius 1 is 0.600 bits per heavy atom. The van der Waals surface area contributed by atoms with Crippen LogP contribution in [0.25, 0.3) is 0 Å². The summed E-state index contributed by atoms with van der Waals surface area (Å²) in [6.07, 6.45) is -14.0. The third kappa shape index (κ3) is 3.35. The van der Waals surface area contributed by atoms with Crippen molar-refractivity contribution < 1.29 is 57.5 Å². The number of hydrogen-bond donors (Lipinski definition) is 0. The van der Waals surface area contributed by atoms with Crippen LogP contribution in [0.1, 0.15) is 0 Å². The van der Waals surface area contributed by atoms with Crippen LogP contribution < -0.4 is 0 Å². The summed E-state index contributed by atoms with van der Waals surface area (Å²) >= 11 is 0. The number of alkyl halides is 12. The Labute approximate surface area is 123 Å². The molecule has 20 heavy (non-hydrogen) atoms. The second-order valence-corrected chi connectivity index (χ2v) is 3.05. The fourth-order valence-corrected chi connectivity index (χ4v) is 0.696. The van der Waals surface area contributed by atoms with Crippen molar-refractivity contribution >= 4 is 35.3 Å². The van der Waals surface area contributed by atoms with E-state index in [1.807, 2.05) is 0 Å². The van der Waals surface area contributed by atoms with Gasteiger partial charge in [0.15, 0.2) is 0 Å². The Hall–Kier alpha value is -0.170. The number of carbonyl (C=O) groups excluding carboxylic acids is 1. The summed E-state index contributed by atoms with van der Waals surface area (Å²) in [4.78, 5) is 9.85. The van der Waals surface area contributed by atoms with Crippen LogP contribution in [-0.4, -0.2) is 65.5 Å². The standard InChI is InChI=1S/C6F12O.Na.H/c7-2(8,1(19)3(9,10)11)4(12,13)5(14,15)6(16,17)18;;. The predicted octanol–water partition coefficient (Wildman–Crippen LogP) is 2.94. The van der Waals surface area contributed by atoms with Crippen LogP contribution in [0.2, 0.25) is 0 Å². The van der Waals surface area contributed by atoms with E-state index >= 15 is 0 Å². The van der Waals surface area contributed by atoms with Crippen LogP contribution in [0.4, 0.5) is 52.7 Å². The molecule has 0 rings (SSSR count). The van der Waals surface area contributed by atoms with Gasteiger partial charge in [0, 0.05) is 0 Å². The average Bonchev–Trinajstić information content (AvgIpc) is 2.12. The van der Waals surface area contributed by atoms with Crippen molar-refractivity contribution in [2.45, 2.75) is 30.1 Å². The molecule has 0 amide bonds. The van der Waals surface area contributed by atoms with Crippen LogP contribution in [0, 0.1) is 0 Å². The molecule has 1 nitrogen and oxygen atoms in total. The van der Waals surface area contributed by atoms with E-state index in [1.54, 1.807) is 0 Å². The summed E-state index contributed by atoms with van der Waals surface area (Å²) in [6, 6.07) is 0. The van der Waals surface area contributed by atoms with Gasteiger partial charge in [-0.1, -0.05) is 0 Å². The Morgan fingerprint density at radius 2 is 0.900 bits per heavy atom. The topological polar surface area (TPSA) is 17.1 Å². The van der Waals surface area contributed by atoms with Gasteiger partial charge < -0.3 is 0 Å². The van der Waals surface area contributed by atoms with Gasteiger partial charge in [0.1, 0.15) is 0 Å². The van der Waals surface area contributed by atoms with Crippen LogP contribution in [0.15, 0.2) is 0 Å². The number of carbonyl (C=O) groups is 1. The minimum atomic E-state index is -7.61. The number of halogens is 12. The van der Waals surface area contributed by atoms with Crippen LogP contribution in [0.3, 0.4) is 0 Å². The molecule has 0 saturated heterocycles. The summed E-state index contributed by atoms with van der Waals surface area (Å²) < 4.78 is 142. The van der Waals surface area contributed by atoms with E-state index in [-0.39, 0.29) is 29.6 Å². The predicted molar refractivity (Wildman–Crippen MR) is 39.1 cm³/mol. The fraction of sp³-hybridized carbons (Fsp3) is 0.833. The van der Waals surface area contributed by atoms with E-state index < -0.39 is 35.9 Å². The van der Waals surface area contributed by atoms with E-state index in [0.29, 0.717) is 0 Å². The molecule has 0 spiro atoms. The number of rotatable bonds is 3. The summed E-state index contributed by atoms with van der Waals surface area (Å²) in [5.74, 6) is -27.1.